The Morgan fingerprint density at radius 2 is 2.50 bits per heavy atom. The Morgan fingerprint density at radius 3 is 3.19 bits per heavy atom. The zero-order valence-electron chi connectivity index (χ0n) is 8.87. The molecule has 6 heteroatoms. The lowest BCUT2D eigenvalue weighted by Crippen LogP contribution is -2.31. The summed E-state index contributed by atoms with van der Waals surface area (Å²) in [4.78, 5) is 15.3. The van der Waals surface area contributed by atoms with Crippen LogP contribution in [0.15, 0.2) is 17.1 Å². The maximum atomic E-state index is 11.6. The average Bonchev–Trinajstić information content (AvgIpc) is 2.67. The van der Waals surface area contributed by atoms with E-state index in [1.54, 1.807) is 12.3 Å². The lowest BCUT2D eigenvalue weighted by Gasteiger charge is -2.19. The third-order valence-electron chi connectivity index (χ3n) is 2.80. The van der Waals surface area contributed by atoms with Gasteiger partial charge >= 0.3 is 5.69 Å². The molecule has 3 N–H and O–H groups in total. The standard InChI is InChI=1S/C10H15N3O3/c11-9-1-4-13(10(15)12-9)7-3-6-16-8(7)2-5-14/h1,4,7-8,14H,2-3,5-6H2,(H2,11,12,15)/t7-,8-/m1/s1. The molecule has 1 aliphatic heterocycles. The van der Waals surface area contributed by atoms with Gasteiger partial charge in [-0.1, -0.05) is 0 Å². The van der Waals surface area contributed by atoms with Crippen molar-refractivity contribution in [2.75, 3.05) is 18.9 Å². The van der Waals surface area contributed by atoms with Crippen LogP contribution in [0.5, 0.6) is 0 Å². The molecule has 0 aromatic carbocycles. The van der Waals surface area contributed by atoms with Gasteiger partial charge in [-0.25, -0.2) is 4.79 Å². The van der Waals surface area contributed by atoms with E-state index >= 15 is 0 Å². The van der Waals surface area contributed by atoms with Crippen LogP contribution in [0.4, 0.5) is 5.82 Å². The third-order valence-corrected chi connectivity index (χ3v) is 2.80. The highest BCUT2D eigenvalue weighted by Crippen LogP contribution is 2.26. The number of ether oxygens (including phenoxy) is 1. The Kier molecular flexibility index (Phi) is 3.21. The first-order chi connectivity index (χ1) is 7.72. The summed E-state index contributed by atoms with van der Waals surface area (Å²) < 4.78 is 7.00. The third kappa shape index (κ3) is 2.07. The fraction of sp³-hybridized carbons (Fsp3) is 0.600. The molecule has 1 aromatic heterocycles. The maximum absolute atomic E-state index is 11.6. The largest absolute Gasteiger partial charge is 0.396 e. The van der Waals surface area contributed by atoms with E-state index in [1.165, 1.54) is 4.57 Å². The van der Waals surface area contributed by atoms with Crippen molar-refractivity contribution in [2.45, 2.75) is 25.0 Å². The van der Waals surface area contributed by atoms with E-state index in [9.17, 15) is 4.79 Å². The van der Waals surface area contributed by atoms with Crippen LogP contribution in [-0.2, 0) is 4.74 Å². The summed E-state index contributed by atoms with van der Waals surface area (Å²) in [6.07, 6.45) is 2.81. The normalized spacial score (nSPS) is 24.8. The molecule has 1 saturated heterocycles. The lowest BCUT2D eigenvalue weighted by molar-refractivity contribution is 0.0684. The van der Waals surface area contributed by atoms with E-state index in [0.29, 0.717) is 13.0 Å². The van der Waals surface area contributed by atoms with Crippen LogP contribution < -0.4 is 11.4 Å². The van der Waals surface area contributed by atoms with Crippen LogP contribution in [0.2, 0.25) is 0 Å². The van der Waals surface area contributed by atoms with Crippen molar-refractivity contribution in [3.63, 3.8) is 0 Å². The highest BCUT2D eigenvalue weighted by Gasteiger charge is 2.29. The van der Waals surface area contributed by atoms with Gasteiger partial charge in [-0.15, -0.1) is 0 Å². The molecule has 1 aromatic rings. The minimum absolute atomic E-state index is 0.0484. The topological polar surface area (TPSA) is 90.4 Å². The van der Waals surface area contributed by atoms with E-state index in [4.69, 9.17) is 15.6 Å². The molecule has 0 radical (unpaired) electrons. The Hall–Kier alpha value is -1.40. The maximum Gasteiger partial charge on any atom is 0.349 e. The van der Waals surface area contributed by atoms with E-state index < -0.39 is 0 Å². The van der Waals surface area contributed by atoms with Gasteiger partial charge in [-0.05, 0) is 18.9 Å². The van der Waals surface area contributed by atoms with Crippen molar-refractivity contribution in [3.8, 4) is 0 Å². The summed E-state index contributed by atoms with van der Waals surface area (Å²) in [7, 11) is 0. The second-order valence-corrected chi connectivity index (χ2v) is 3.82. The Labute approximate surface area is 92.7 Å². The summed E-state index contributed by atoms with van der Waals surface area (Å²) >= 11 is 0. The molecule has 2 rings (SSSR count). The number of aliphatic hydroxyl groups is 1. The van der Waals surface area contributed by atoms with Crippen molar-refractivity contribution < 1.29 is 9.84 Å². The number of hydrogen-bond donors (Lipinski definition) is 2. The monoisotopic (exact) mass is 225 g/mol. The van der Waals surface area contributed by atoms with Crippen LogP contribution in [0.3, 0.4) is 0 Å². The highest BCUT2D eigenvalue weighted by molar-refractivity contribution is 5.23. The Bertz CT molecular complexity index is 418. The Balaban J connectivity index is 2.26. The Morgan fingerprint density at radius 1 is 1.69 bits per heavy atom. The smallest absolute Gasteiger partial charge is 0.349 e. The first-order valence-electron chi connectivity index (χ1n) is 5.29. The SMILES string of the molecule is Nc1ccn([C@@H]2CCO[C@@H]2CCO)c(=O)n1. The van der Waals surface area contributed by atoms with Crippen molar-refractivity contribution in [3.05, 3.63) is 22.7 Å². The summed E-state index contributed by atoms with van der Waals surface area (Å²) in [5, 5.41) is 8.90. The van der Waals surface area contributed by atoms with Gasteiger partial charge in [0.25, 0.3) is 0 Å². The number of aromatic nitrogens is 2. The van der Waals surface area contributed by atoms with Crippen molar-refractivity contribution >= 4 is 5.82 Å². The van der Waals surface area contributed by atoms with Crippen molar-refractivity contribution in [1.29, 1.82) is 0 Å². The summed E-state index contributed by atoms with van der Waals surface area (Å²) in [5.41, 5.74) is 5.06. The molecule has 2 atom stereocenters. The molecule has 88 valence electrons. The molecule has 0 aliphatic carbocycles. The molecule has 1 fully saturated rings. The van der Waals surface area contributed by atoms with Crippen LogP contribution in [-0.4, -0.2) is 34.0 Å². The summed E-state index contributed by atoms with van der Waals surface area (Å²) in [5.74, 6) is 0.221. The molecule has 1 aliphatic rings. The number of nitrogens with zero attached hydrogens (tertiary/aromatic N) is 2. The molecular weight excluding hydrogens is 210 g/mol. The van der Waals surface area contributed by atoms with E-state index in [2.05, 4.69) is 4.98 Å². The van der Waals surface area contributed by atoms with Crippen LogP contribution in [0, 0.1) is 0 Å². The molecule has 0 saturated carbocycles. The summed E-state index contributed by atoms with van der Waals surface area (Å²) in [6, 6.07) is 1.54. The van der Waals surface area contributed by atoms with Gasteiger partial charge in [-0.2, -0.15) is 4.98 Å². The van der Waals surface area contributed by atoms with Crippen LogP contribution >= 0.6 is 0 Å². The molecule has 0 bridgehead atoms. The first kappa shape index (κ1) is 11.1. The molecule has 6 nitrogen and oxygen atoms in total. The zero-order chi connectivity index (χ0) is 11.5. The average molecular weight is 225 g/mol. The molecule has 2 heterocycles. The van der Waals surface area contributed by atoms with E-state index in [0.717, 1.165) is 6.42 Å². The van der Waals surface area contributed by atoms with Gasteiger partial charge in [0, 0.05) is 19.4 Å². The quantitative estimate of drug-likeness (QED) is 0.726. The van der Waals surface area contributed by atoms with Gasteiger partial charge in [0.15, 0.2) is 0 Å². The van der Waals surface area contributed by atoms with Gasteiger partial charge in [0.1, 0.15) is 5.82 Å². The van der Waals surface area contributed by atoms with Gasteiger partial charge < -0.3 is 15.6 Å². The van der Waals surface area contributed by atoms with Crippen molar-refractivity contribution in [2.24, 2.45) is 0 Å². The summed E-state index contributed by atoms with van der Waals surface area (Å²) in [6.45, 7) is 0.657. The molecule has 16 heavy (non-hydrogen) atoms. The van der Waals surface area contributed by atoms with E-state index in [-0.39, 0.29) is 30.3 Å². The zero-order valence-corrected chi connectivity index (χ0v) is 8.87. The fourth-order valence-corrected chi connectivity index (χ4v) is 2.04. The first-order valence-corrected chi connectivity index (χ1v) is 5.29. The van der Waals surface area contributed by atoms with Gasteiger partial charge in [0.05, 0.1) is 12.1 Å². The molecule has 0 amide bonds. The minimum atomic E-state index is -0.363. The number of hydrogen-bond acceptors (Lipinski definition) is 5. The van der Waals surface area contributed by atoms with Gasteiger partial charge in [-0.3, -0.25) is 4.57 Å². The predicted octanol–water partition coefficient (Wildman–Crippen LogP) is -0.462. The number of nitrogen functional groups attached to an aromatic ring is 1. The molecular formula is C10H15N3O3. The predicted molar refractivity (Wildman–Crippen MR) is 58.0 cm³/mol. The lowest BCUT2D eigenvalue weighted by atomic mass is 10.1. The highest BCUT2D eigenvalue weighted by atomic mass is 16.5. The van der Waals surface area contributed by atoms with E-state index in [1.807, 2.05) is 0 Å². The van der Waals surface area contributed by atoms with Crippen LogP contribution in [0.25, 0.3) is 0 Å². The second kappa shape index (κ2) is 4.63. The second-order valence-electron chi connectivity index (χ2n) is 3.82. The number of aliphatic hydroxyl groups excluding tert-OH is 1. The molecule has 0 unspecified atom stereocenters. The fourth-order valence-electron chi connectivity index (χ4n) is 2.04. The number of nitrogens with two attached hydrogens (primary N) is 1. The van der Waals surface area contributed by atoms with Crippen LogP contribution in [0.1, 0.15) is 18.9 Å². The number of anilines is 1. The number of rotatable bonds is 3. The minimum Gasteiger partial charge on any atom is -0.396 e. The molecule has 0 spiro atoms. The van der Waals surface area contributed by atoms with Crippen molar-refractivity contribution in [1.82, 2.24) is 9.55 Å². The van der Waals surface area contributed by atoms with Gasteiger partial charge in [0.2, 0.25) is 0 Å².